The van der Waals surface area contributed by atoms with Crippen LogP contribution in [0.2, 0.25) is 0 Å². The number of rotatable bonds is 63. The fourth-order valence-corrected chi connectivity index (χ4v) is 9.92. The third kappa shape index (κ3) is 67.1. The monoisotopic (exact) mass is 1110 g/mol. The van der Waals surface area contributed by atoms with Gasteiger partial charge in [-0.1, -0.05) is 329 Å². The van der Waals surface area contributed by atoms with E-state index in [2.05, 4.69) is 123 Å². The second kappa shape index (κ2) is 69.8. The van der Waals surface area contributed by atoms with Gasteiger partial charge in [-0.25, -0.2) is 0 Å². The molecule has 0 aromatic rings. The predicted molar refractivity (Wildman–Crippen MR) is 352 cm³/mol. The molecule has 0 fully saturated rings. The van der Waals surface area contributed by atoms with Crippen molar-refractivity contribution in [3.8, 4) is 0 Å². The number of esters is 2. The van der Waals surface area contributed by atoms with Crippen molar-refractivity contribution < 1.29 is 24.2 Å². The smallest absolute Gasteiger partial charge is 0.306 e. The zero-order valence-corrected chi connectivity index (χ0v) is 52.8. The van der Waals surface area contributed by atoms with E-state index in [1.165, 1.54) is 218 Å². The van der Waals surface area contributed by atoms with E-state index < -0.39 is 6.10 Å². The van der Waals surface area contributed by atoms with Crippen molar-refractivity contribution in [3.05, 3.63) is 109 Å². The Labute approximate surface area is 497 Å². The summed E-state index contributed by atoms with van der Waals surface area (Å²) in [7, 11) is 0. The number of carbonyl (C=O) groups excluding carboxylic acids is 2. The van der Waals surface area contributed by atoms with Crippen LogP contribution in [-0.2, 0) is 19.1 Å². The van der Waals surface area contributed by atoms with Gasteiger partial charge in [0.15, 0.2) is 6.10 Å². The largest absolute Gasteiger partial charge is 0.462 e. The highest BCUT2D eigenvalue weighted by Crippen LogP contribution is 2.18. The standard InChI is InChI=1S/C75H130O5/c1-3-5-7-9-11-13-15-17-19-21-23-25-27-29-31-32-33-34-35-36-37-38-39-40-41-42-44-45-47-49-51-53-55-57-59-61-63-65-67-69-74(77)79-72-73(71-76)80-75(78)70-68-66-64-62-60-58-56-54-52-50-48-46-43-30-28-26-24-22-20-18-16-14-12-10-8-6-4-2/h6,8,12,14,18,20-21,23-24,26,30,43,48,50,54,56,60,62,73,76H,3-5,7,9-11,13,15-17,19,22,25,27-29,31-42,44-47,49,51-53,55,57-59,61,63-72H2,1-2H3/b8-6-,14-12-,20-18-,23-21-,26-24-,43-30-,50-48-,56-54-,62-60-. The molecule has 1 N–H and O–H groups in total. The maximum absolute atomic E-state index is 12.3. The van der Waals surface area contributed by atoms with Crippen LogP contribution in [0.15, 0.2) is 109 Å². The summed E-state index contributed by atoms with van der Waals surface area (Å²) >= 11 is 0. The molecule has 0 rings (SSSR count). The first-order valence-corrected chi connectivity index (χ1v) is 34.4. The number of aliphatic hydroxyl groups is 1. The van der Waals surface area contributed by atoms with Gasteiger partial charge in [0.2, 0.25) is 0 Å². The van der Waals surface area contributed by atoms with Crippen LogP contribution in [0.3, 0.4) is 0 Å². The topological polar surface area (TPSA) is 72.8 Å². The molecule has 460 valence electrons. The molecule has 80 heavy (non-hydrogen) atoms. The summed E-state index contributed by atoms with van der Waals surface area (Å²) in [4.78, 5) is 24.6. The van der Waals surface area contributed by atoms with Crippen molar-refractivity contribution in [2.45, 2.75) is 341 Å². The van der Waals surface area contributed by atoms with Crippen LogP contribution in [0.1, 0.15) is 335 Å². The molecule has 1 unspecified atom stereocenters. The van der Waals surface area contributed by atoms with E-state index in [0.717, 1.165) is 89.9 Å². The molecule has 0 aliphatic heterocycles. The van der Waals surface area contributed by atoms with Gasteiger partial charge in [-0.3, -0.25) is 9.59 Å². The Morgan fingerprint density at radius 2 is 0.537 bits per heavy atom. The fourth-order valence-electron chi connectivity index (χ4n) is 9.92. The Morgan fingerprint density at radius 3 is 0.850 bits per heavy atom. The molecule has 0 aromatic carbocycles. The van der Waals surface area contributed by atoms with Crippen molar-refractivity contribution in [1.29, 1.82) is 0 Å². The van der Waals surface area contributed by atoms with Gasteiger partial charge in [0.05, 0.1) is 6.61 Å². The molecule has 0 aliphatic rings. The number of carbonyl (C=O) groups is 2. The van der Waals surface area contributed by atoms with Gasteiger partial charge in [-0.15, -0.1) is 0 Å². The van der Waals surface area contributed by atoms with Crippen LogP contribution in [0.25, 0.3) is 0 Å². The second-order valence-electron chi connectivity index (χ2n) is 22.9. The van der Waals surface area contributed by atoms with Crippen LogP contribution >= 0.6 is 0 Å². The molecule has 0 bridgehead atoms. The number of allylic oxidation sites excluding steroid dienone is 18. The lowest BCUT2D eigenvalue weighted by Gasteiger charge is -2.15. The van der Waals surface area contributed by atoms with Gasteiger partial charge in [0.25, 0.3) is 0 Å². The molecular weight excluding hydrogens is 981 g/mol. The predicted octanol–water partition coefficient (Wildman–Crippen LogP) is 24.0. The summed E-state index contributed by atoms with van der Waals surface area (Å²) in [6.45, 7) is 4.02. The van der Waals surface area contributed by atoms with Crippen LogP contribution in [0.5, 0.6) is 0 Å². The Bertz CT molecular complexity index is 1540. The number of hydrogen-bond acceptors (Lipinski definition) is 5. The quantitative estimate of drug-likeness (QED) is 0.0373. The van der Waals surface area contributed by atoms with Gasteiger partial charge >= 0.3 is 11.9 Å². The molecule has 0 saturated carbocycles. The van der Waals surface area contributed by atoms with E-state index >= 15 is 0 Å². The minimum Gasteiger partial charge on any atom is -0.462 e. The molecule has 5 nitrogen and oxygen atoms in total. The van der Waals surface area contributed by atoms with Crippen LogP contribution < -0.4 is 0 Å². The summed E-state index contributed by atoms with van der Waals surface area (Å²) in [5.41, 5.74) is 0. The second-order valence-corrected chi connectivity index (χ2v) is 22.9. The van der Waals surface area contributed by atoms with E-state index in [-0.39, 0.29) is 25.2 Å². The van der Waals surface area contributed by atoms with E-state index in [0.29, 0.717) is 12.8 Å². The third-order valence-corrected chi connectivity index (χ3v) is 15.1. The van der Waals surface area contributed by atoms with Crippen LogP contribution in [-0.4, -0.2) is 36.4 Å². The maximum atomic E-state index is 12.3. The zero-order valence-electron chi connectivity index (χ0n) is 52.8. The van der Waals surface area contributed by atoms with Gasteiger partial charge in [0, 0.05) is 12.8 Å². The molecule has 0 amide bonds. The molecule has 0 saturated heterocycles. The van der Waals surface area contributed by atoms with Gasteiger partial charge in [-0.05, 0) is 103 Å². The fraction of sp³-hybridized carbons (Fsp3) is 0.733. The lowest BCUT2D eigenvalue weighted by atomic mass is 10.0. The van der Waals surface area contributed by atoms with Crippen molar-refractivity contribution in [2.75, 3.05) is 13.2 Å². The van der Waals surface area contributed by atoms with Crippen molar-refractivity contribution in [3.63, 3.8) is 0 Å². The normalized spacial score (nSPS) is 12.9. The molecule has 0 aliphatic carbocycles. The number of hydrogen-bond donors (Lipinski definition) is 1. The maximum Gasteiger partial charge on any atom is 0.306 e. The van der Waals surface area contributed by atoms with E-state index in [1.807, 2.05) is 0 Å². The average Bonchev–Trinajstić information content (AvgIpc) is 3.46. The van der Waals surface area contributed by atoms with E-state index in [9.17, 15) is 14.7 Å². The Balaban J connectivity index is 3.48. The lowest BCUT2D eigenvalue weighted by Crippen LogP contribution is -2.28. The van der Waals surface area contributed by atoms with Gasteiger partial charge in [-0.2, -0.15) is 0 Å². The first-order chi connectivity index (χ1) is 39.6. The zero-order chi connectivity index (χ0) is 57.6. The summed E-state index contributed by atoms with van der Waals surface area (Å²) in [6, 6.07) is 0. The number of aliphatic hydroxyl groups excluding tert-OH is 1. The first kappa shape index (κ1) is 76.6. The third-order valence-electron chi connectivity index (χ3n) is 15.1. The van der Waals surface area contributed by atoms with Crippen molar-refractivity contribution in [1.82, 2.24) is 0 Å². The van der Waals surface area contributed by atoms with Crippen LogP contribution in [0, 0.1) is 0 Å². The first-order valence-electron chi connectivity index (χ1n) is 34.4. The van der Waals surface area contributed by atoms with Crippen molar-refractivity contribution >= 4 is 11.9 Å². The van der Waals surface area contributed by atoms with Gasteiger partial charge in [0.1, 0.15) is 6.61 Å². The minimum absolute atomic E-state index is 0.0870. The van der Waals surface area contributed by atoms with E-state index in [1.54, 1.807) is 0 Å². The molecule has 0 radical (unpaired) electrons. The highest BCUT2D eigenvalue weighted by molar-refractivity contribution is 5.70. The minimum atomic E-state index is -0.803. The summed E-state index contributed by atoms with van der Waals surface area (Å²) < 4.78 is 10.7. The highest BCUT2D eigenvalue weighted by atomic mass is 16.6. The Morgan fingerprint density at radius 1 is 0.300 bits per heavy atom. The average molecular weight is 1110 g/mol. The number of ether oxygens (including phenoxy) is 2. The molecule has 1 atom stereocenters. The van der Waals surface area contributed by atoms with Crippen molar-refractivity contribution in [2.24, 2.45) is 0 Å². The highest BCUT2D eigenvalue weighted by Gasteiger charge is 2.16. The van der Waals surface area contributed by atoms with Gasteiger partial charge < -0.3 is 14.6 Å². The molecule has 5 heteroatoms. The Hall–Kier alpha value is -3.44. The van der Waals surface area contributed by atoms with Crippen LogP contribution in [0.4, 0.5) is 0 Å². The van der Waals surface area contributed by atoms with E-state index in [4.69, 9.17) is 9.47 Å². The summed E-state index contributed by atoms with van der Waals surface area (Å²) in [6.07, 6.45) is 101. The molecular formula is C75H130O5. The molecule has 0 heterocycles. The summed E-state index contributed by atoms with van der Waals surface area (Å²) in [5.74, 6) is -0.636. The lowest BCUT2D eigenvalue weighted by molar-refractivity contribution is -0.161. The Kier molecular flexibility index (Phi) is 66.8. The summed E-state index contributed by atoms with van der Waals surface area (Å²) in [5, 5.41) is 9.68. The SMILES string of the molecule is CC/C=C\C/C=C\C/C=C\C/C=C\C/C=C\C/C=C\C/C=C\C/C=C\CCCCC(=O)OC(CO)COC(=O)CCCCCCCCCCCCCCCCCCCCCCCCCCCCC/C=C\CCCCCCCCCC. The molecule has 0 spiro atoms. The molecule has 0 aromatic heterocycles. The number of unbranched alkanes of at least 4 members (excludes halogenated alkanes) is 37.